The van der Waals surface area contributed by atoms with Gasteiger partial charge in [-0.25, -0.2) is 4.98 Å². The highest BCUT2D eigenvalue weighted by Gasteiger charge is 2.12. The van der Waals surface area contributed by atoms with Crippen molar-refractivity contribution >= 4 is 11.5 Å². The van der Waals surface area contributed by atoms with Crippen LogP contribution in [0.5, 0.6) is 5.88 Å². The first-order chi connectivity index (χ1) is 9.66. The second-order valence-corrected chi connectivity index (χ2v) is 4.99. The van der Waals surface area contributed by atoms with Crippen molar-refractivity contribution < 1.29 is 9.47 Å². The number of nitrogens with two attached hydrogens (primary N) is 1. The van der Waals surface area contributed by atoms with Crippen LogP contribution in [-0.4, -0.2) is 60.4 Å². The van der Waals surface area contributed by atoms with Gasteiger partial charge in [0.15, 0.2) is 5.82 Å². The highest BCUT2D eigenvalue weighted by molar-refractivity contribution is 5.66. The molecule has 1 aromatic heterocycles. The van der Waals surface area contributed by atoms with Gasteiger partial charge in [-0.2, -0.15) is 4.98 Å². The molecule has 0 aliphatic carbocycles. The smallest absolute Gasteiger partial charge is 0.242 e. The fourth-order valence-electron chi connectivity index (χ4n) is 1.99. The minimum Gasteiger partial charge on any atom is -0.473 e. The Balaban J connectivity index is 1.85. The van der Waals surface area contributed by atoms with Gasteiger partial charge in [-0.1, -0.05) is 0 Å². The summed E-state index contributed by atoms with van der Waals surface area (Å²) in [5.41, 5.74) is 6.47. The summed E-state index contributed by atoms with van der Waals surface area (Å²) in [6.45, 7) is 9.16. The van der Waals surface area contributed by atoms with Crippen molar-refractivity contribution in [3.05, 3.63) is 6.33 Å². The normalized spacial score (nSPS) is 16.4. The Labute approximate surface area is 119 Å². The van der Waals surface area contributed by atoms with Crippen molar-refractivity contribution in [2.45, 2.75) is 20.0 Å². The number of hydrogen-bond acceptors (Lipinski definition) is 7. The molecular weight excluding hydrogens is 258 g/mol. The lowest BCUT2D eigenvalue weighted by atomic mass is 10.4. The molecule has 0 unspecified atom stereocenters. The van der Waals surface area contributed by atoms with Crippen LogP contribution >= 0.6 is 0 Å². The molecular formula is C13H23N5O2. The van der Waals surface area contributed by atoms with Gasteiger partial charge < -0.3 is 20.5 Å². The van der Waals surface area contributed by atoms with Crippen molar-refractivity contribution in [1.29, 1.82) is 0 Å². The SMILES string of the molecule is CC(C)Oc1ncnc(NCCN2CCOCC2)c1N. The molecule has 0 radical (unpaired) electrons. The number of nitrogens with one attached hydrogen (secondary N) is 1. The van der Waals surface area contributed by atoms with Crippen molar-refractivity contribution in [3.8, 4) is 5.88 Å². The maximum Gasteiger partial charge on any atom is 0.242 e. The molecule has 0 amide bonds. The second-order valence-electron chi connectivity index (χ2n) is 4.99. The summed E-state index contributed by atoms with van der Waals surface area (Å²) in [6.07, 6.45) is 1.50. The van der Waals surface area contributed by atoms with E-state index in [0.29, 0.717) is 17.4 Å². The molecule has 7 heteroatoms. The molecule has 1 aliphatic rings. The van der Waals surface area contributed by atoms with Gasteiger partial charge in [0.2, 0.25) is 5.88 Å². The highest BCUT2D eigenvalue weighted by atomic mass is 16.5. The van der Waals surface area contributed by atoms with E-state index in [9.17, 15) is 0 Å². The fourth-order valence-corrected chi connectivity index (χ4v) is 1.99. The van der Waals surface area contributed by atoms with E-state index >= 15 is 0 Å². The van der Waals surface area contributed by atoms with Gasteiger partial charge in [0.25, 0.3) is 0 Å². The summed E-state index contributed by atoms with van der Waals surface area (Å²) in [6, 6.07) is 0. The first-order valence-corrected chi connectivity index (χ1v) is 6.98. The fraction of sp³-hybridized carbons (Fsp3) is 0.692. The lowest BCUT2D eigenvalue weighted by Gasteiger charge is -2.26. The number of morpholine rings is 1. The number of nitrogen functional groups attached to an aromatic ring is 1. The Morgan fingerprint density at radius 3 is 2.85 bits per heavy atom. The molecule has 0 saturated carbocycles. The molecule has 0 atom stereocenters. The maximum atomic E-state index is 6.00. The van der Waals surface area contributed by atoms with Crippen LogP contribution < -0.4 is 15.8 Å². The summed E-state index contributed by atoms with van der Waals surface area (Å²) in [4.78, 5) is 10.6. The van der Waals surface area contributed by atoms with Crippen LogP contribution in [0.25, 0.3) is 0 Å². The van der Waals surface area contributed by atoms with Crippen LogP contribution in [0.1, 0.15) is 13.8 Å². The Hall–Kier alpha value is -1.60. The van der Waals surface area contributed by atoms with E-state index in [0.717, 1.165) is 39.4 Å². The van der Waals surface area contributed by atoms with Crippen molar-refractivity contribution in [2.75, 3.05) is 50.4 Å². The molecule has 3 N–H and O–H groups in total. The van der Waals surface area contributed by atoms with E-state index < -0.39 is 0 Å². The van der Waals surface area contributed by atoms with E-state index in [1.54, 1.807) is 0 Å². The largest absolute Gasteiger partial charge is 0.473 e. The first kappa shape index (κ1) is 14.8. The van der Waals surface area contributed by atoms with Crippen LogP contribution in [0.15, 0.2) is 6.33 Å². The maximum absolute atomic E-state index is 6.00. The van der Waals surface area contributed by atoms with Crippen molar-refractivity contribution in [1.82, 2.24) is 14.9 Å². The summed E-state index contributed by atoms with van der Waals surface area (Å²) < 4.78 is 10.9. The van der Waals surface area contributed by atoms with Gasteiger partial charge in [-0.15, -0.1) is 0 Å². The predicted octanol–water partition coefficient (Wildman–Crippen LogP) is 0.590. The van der Waals surface area contributed by atoms with E-state index in [4.69, 9.17) is 15.2 Å². The zero-order chi connectivity index (χ0) is 14.4. The van der Waals surface area contributed by atoms with Crippen LogP contribution in [0.3, 0.4) is 0 Å². The average molecular weight is 281 g/mol. The number of nitrogens with zero attached hydrogens (tertiary/aromatic N) is 3. The Bertz CT molecular complexity index is 421. The lowest BCUT2D eigenvalue weighted by Crippen LogP contribution is -2.39. The molecule has 0 bridgehead atoms. The van der Waals surface area contributed by atoms with Crippen LogP contribution in [0.4, 0.5) is 11.5 Å². The minimum atomic E-state index is 0.0356. The third-order valence-corrected chi connectivity index (χ3v) is 3.02. The summed E-state index contributed by atoms with van der Waals surface area (Å²) in [7, 11) is 0. The third-order valence-electron chi connectivity index (χ3n) is 3.02. The molecule has 1 saturated heterocycles. The molecule has 1 aromatic rings. The summed E-state index contributed by atoms with van der Waals surface area (Å²) in [5.74, 6) is 1.06. The van der Waals surface area contributed by atoms with Gasteiger partial charge in [0.05, 0.1) is 19.3 Å². The Morgan fingerprint density at radius 1 is 1.40 bits per heavy atom. The van der Waals surface area contributed by atoms with Crippen LogP contribution in [0.2, 0.25) is 0 Å². The first-order valence-electron chi connectivity index (χ1n) is 6.98. The number of hydrogen-bond donors (Lipinski definition) is 2. The molecule has 0 spiro atoms. The minimum absolute atomic E-state index is 0.0356. The zero-order valence-corrected chi connectivity index (χ0v) is 12.1. The molecule has 7 nitrogen and oxygen atoms in total. The van der Waals surface area contributed by atoms with E-state index in [1.165, 1.54) is 6.33 Å². The number of aromatic nitrogens is 2. The topological polar surface area (TPSA) is 85.5 Å². The van der Waals surface area contributed by atoms with E-state index in [2.05, 4.69) is 20.2 Å². The van der Waals surface area contributed by atoms with Gasteiger partial charge in [0, 0.05) is 26.2 Å². The van der Waals surface area contributed by atoms with Crippen LogP contribution in [0, 0.1) is 0 Å². The molecule has 2 rings (SSSR count). The summed E-state index contributed by atoms with van der Waals surface area (Å²) >= 11 is 0. The lowest BCUT2D eigenvalue weighted by molar-refractivity contribution is 0.0398. The van der Waals surface area contributed by atoms with Crippen molar-refractivity contribution in [2.24, 2.45) is 0 Å². The molecule has 0 aromatic carbocycles. The number of rotatable bonds is 6. The third kappa shape index (κ3) is 4.21. The molecule has 1 fully saturated rings. The zero-order valence-electron chi connectivity index (χ0n) is 12.1. The monoisotopic (exact) mass is 281 g/mol. The Kier molecular flexibility index (Phi) is 5.37. The average Bonchev–Trinajstić information content (AvgIpc) is 2.43. The molecule has 20 heavy (non-hydrogen) atoms. The standard InChI is InChI=1S/C13H23N5O2/c1-10(2)20-13-11(14)12(16-9-17-13)15-3-4-18-5-7-19-8-6-18/h9-10H,3-8,14H2,1-2H3,(H,15,16,17). The predicted molar refractivity (Wildman–Crippen MR) is 78.0 cm³/mol. The molecule has 1 aliphatic heterocycles. The van der Waals surface area contributed by atoms with Gasteiger partial charge in [-0.3, -0.25) is 4.90 Å². The quantitative estimate of drug-likeness (QED) is 0.789. The van der Waals surface area contributed by atoms with E-state index in [1.807, 2.05) is 13.8 Å². The van der Waals surface area contributed by atoms with Gasteiger partial charge >= 0.3 is 0 Å². The molecule has 112 valence electrons. The molecule has 2 heterocycles. The van der Waals surface area contributed by atoms with Gasteiger partial charge in [0.1, 0.15) is 12.0 Å². The Morgan fingerprint density at radius 2 is 2.15 bits per heavy atom. The van der Waals surface area contributed by atoms with E-state index in [-0.39, 0.29) is 6.10 Å². The second kappa shape index (κ2) is 7.25. The van der Waals surface area contributed by atoms with Crippen molar-refractivity contribution in [3.63, 3.8) is 0 Å². The van der Waals surface area contributed by atoms with Gasteiger partial charge in [-0.05, 0) is 13.8 Å². The number of ether oxygens (including phenoxy) is 2. The summed E-state index contributed by atoms with van der Waals surface area (Å²) in [5, 5.41) is 3.24. The number of anilines is 2. The van der Waals surface area contributed by atoms with Crippen LogP contribution in [-0.2, 0) is 4.74 Å². The highest BCUT2D eigenvalue weighted by Crippen LogP contribution is 2.25.